The van der Waals surface area contributed by atoms with Crippen molar-refractivity contribution in [2.45, 2.75) is 12.5 Å². The zero-order valence-corrected chi connectivity index (χ0v) is 8.52. The Bertz CT molecular complexity index is 291. The Morgan fingerprint density at radius 3 is 2.54 bits per heavy atom. The first kappa shape index (κ1) is 10.8. The average Bonchev–Trinajstić information content (AvgIpc) is 2.11. The van der Waals surface area contributed by atoms with Gasteiger partial charge in [0, 0.05) is 6.04 Å². The first-order chi connectivity index (χ1) is 6.13. The largest absolute Gasteiger partial charge is 0.395 e. The van der Waals surface area contributed by atoms with Crippen molar-refractivity contribution in [1.29, 1.82) is 0 Å². The number of hydrogen-bond donors (Lipinski definition) is 2. The number of benzene rings is 1. The number of aliphatic hydroxyl groups is 1. The van der Waals surface area contributed by atoms with Gasteiger partial charge < -0.3 is 10.8 Å². The van der Waals surface area contributed by atoms with Crippen LogP contribution >= 0.6 is 23.2 Å². The molecule has 0 aliphatic rings. The van der Waals surface area contributed by atoms with Gasteiger partial charge >= 0.3 is 0 Å². The molecular formula is C9H11Cl2NO. The highest BCUT2D eigenvalue weighted by Crippen LogP contribution is 2.22. The molecule has 0 amide bonds. The molecule has 0 aliphatic carbocycles. The van der Waals surface area contributed by atoms with E-state index >= 15 is 0 Å². The maximum atomic E-state index is 8.74. The van der Waals surface area contributed by atoms with Crippen molar-refractivity contribution >= 4 is 23.2 Å². The Labute approximate surface area is 87.3 Å². The van der Waals surface area contributed by atoms with Crippen molar-refractivity contribution in [3.05, 3.63) is 33.8 Å². The summed E-state index contributed by atoms with van der Waals surface area (Å²) in [5, 5.41) is 9.78. The zero-order valence-electron chi connectivity index (χ0n) is 7.00. The van der Waals surface area contributed by atoms with Gasteiger partial charge in [0.1, 0.15) is 0 Å². The molecule has 1 aromatic carbocycles. The molecule has 1 atom stereocenters. The summed E-state index contributed by atoms with van der Waals surface area (Å²) in [5.74, 6) is 0. The standard InChI is InChI=1S/C9H11Cl2NO/c10-8-2-1-6(4-9(8)11)3-7(12)5-13/h1-2,4,7,13H,3,5,12H2/t7-/m1/s1. The van der Waals surface area contributed by atoms with Crippen molar-refractivity contribution in [3.8, 4) is 0 Å². The third kappa shape index (κ3) is 3.16. The van der Waals surface area contributed by atoms with E-state index in [4.69, 9.17) is 34.0 Å². The quantitative estimate of drug-likeness (QED) is 0.816. The number of rotatable bonds is 3. The first-order valence-electron chi connectivity index (χ1n) is 3.94. The van der Waals surface area contributed by atoms with Gasteiger partial charge in [0.05, 0.1) is 16.7 Å². The third-order valence-electron chi connectivity index (χ3n) is 1.72. The maximum Gasteiger partial charge on any atom is 0.0595 e. The van der Waals surface area contributed by atoms with Gasteiger partial charge in [-0.3, -0.25) is 0 Å². The summed E-state index contributed by atoms with van der Waals surface area (Å²) < 4.78 is 0. The Balaban J connectivity index is 2.73. The van der Waals surface area contributed by atoms with E-state index in [9.17, 15) is 0 Å². The lowest BCUT2D eigenvalue weighted by molar-refractivity contribution is 0.265. The molecule has 1 aromatic rings. The molecule has 1 rings (SSSR count). The Morgan fingerprint density at radius 2 is 2.00 bits per heavy atom. The van der Waals surface area contributed by atoms with E-state index in [1.54, 1.807) is 12.1 Å². The second-order valence-electron chi connectivity index (χ2n) is 2.90. The van der Waals surface area contributed by atoms with E-state index in [0.717, 1.165) is 5.56 Å². The Kier molecular flexibility index (Phi) is 4.00. The molecule has 3 N–H and O–H groups in total. The van der Waals surface area contributed by atoms with E-state index in [1.165, 1.54) is 0 Å². The fraction of sp³-hybridized carbons (Fsp3) is 0.333. The average molecular weight is 220 g/mol. The predicted molar refractivity (Wildman–Crippen MR) is 55.2 cm³/mol. The molecule has 13 heavy (non-hydrogen) atoms. The molecule has 4 heteroatoms. The fourth-order valence-corrected chi connectivity index (χ4v) is 1.35. The minimum absolute atomic E-state index is 0.0275. The minimum atomic E-state index is -0.239. The Hall–Kier alpha value is -0.280. The molecule has 0 bridgehead atoms. The van der Waals surface area contributed by atoms with E-state index in [-0.39, 0.29) is 12.6 Å². The summed E-state index contributed by atoms with van der Waals surface area (Å²) in [4.78, 5) is 0. The number of aliphatic hydroxyl groups excluding tert-OH is 1. The highest BCUT2D eigenvalue weighted by Gasteiger charge is 2.04. The molecule has 0 fully saturated rings. The highest BCUT2D eigenvalue weighted by atomic mass is 35.5. The normalized spacial score (nSPS) is 12.9. The lowest BCUT2D eigenvalue weighted by Gasteiger charge is -2.08. The number of halogens is 2. The van der Waals surface area contributed by atoms with Crippen molar-refractivity contribution in [2.24, 2.45) is 5.73 Å². The molecule has 0 heterocycles. The second-order valence-corrected chi connectivity index (χ2v) is 3.71. The van der Waals surface area contributed by atoms with E-state index in [0.29, 0.717) is 16.5 Å². The molecule has 0 unspecified atom stereocenters. The maximum absolute atomic E-state index is 8.74. The van der Waals surface area contributed by atoms with Crippen molar-refractivity contribution in [2.75, 3.05) is 6.61 Å². The molecule has 72 valence electrons. The summed E-state index contributed by atoms with van der Waals surface area (Å²) >= 11 is 11.5. The lowest BCUT2D eigenvalue weighted by Crippen LogP contribution is -2.26. The first-order valence-corrected chi connectivity index (χ1v) is 4.69. The molecule has 0 radical (unpaired) electrons. The minimum Gasteiger partial charge on any atom is -0.395 e. The molecule has 0 saturated heterocycles. The third-order valence-corrected chi connectivity index (χ3v) is 2.46. The molecule has 0 aromatic heterocycles. The SMILES string of the molecule is N[C@@H](CO)Cc1ccc(Cl)c(Cl)c1. The van der Waals surface area contributed by atoms with Crippen LogP contribution in [0, 0.1) is 0 Å². The van der Waals surface area contributed by atoms with Crippen LogP contribution in [0.25, 0.3) is 0 Å². The number of nitrogens with two attached hydrogens (primary N) is 1. The summed E-state index contributed by atoms with van der Waals surface area (Å²) in [5.41, 5.74) is 6.55. The van der Waals surface area contributed by atoms with Crippen LogP contribution in [0.1, 0.15) is 5.56 Å². The summed E-state index contributed by atoms with van der Waals surface area (Å²) in [6.07, 6.45) is 0.605. The number of hydrogen-bond acceptors (Lipinski definition) is 2. The van der Waals surface area contributed by atoms with Crippen molar-refractivity contribution in [1.82, 2.24) is 0 Å². The monoisotopic (exact) mass is 219 g/mol. The smallest absolute Gasteiger partial charge is 0.0595 e. The van der Waals surface area contributed by atoms with Crippen LogP contribution in [-0.4, -0.2) is 17.8 Å². The van der Waals surface area contributed by atoms with Gasteiger partial charge in [-0.25, -0.2) is 0 Å². The zero-order chi connectivity index (χ0) is 9.84. The highest BCUT2D eigenvalue weighted by molar-refractivity contribution is 6.42. The van der Waals surface area contributed by atoms with Crippen LogP contribution < -0.4 is 5.73 Å². The van der Waals surface area contributed by atoms with Crippen molar-refractivity contribution in [3.63, 3.8) is 0 Å². The topological polar surface area (TPSA) is 46.2 Å². The van der Waals surface area contributed by atoms with Crippen LogP contribution in [0.5, 0.6) is 0 Å². The van der Waals surface area contributed by atoms with Gasteiger partial charge in [0.25, 0.3) is 0 Å². The van der Waals surface area contributed by atoms with Gasteiger partial charge in [-0.1, -0.05) is 29.3 Å². The van der Waals surface area contributed by atoms with Crippen LogP contribution in [0.15, 0.2) is 18.2 Å². The predicted octanol–water partition coefficient (Wildman–Crippen LogP) is 1.86. The van der Waals surface area contributed by atoms with E-state index < -0.39 is 0 Å². The van der Waals surface area contributed by atoms with Gasteiger partial charge in [-0.2, -0.15) is 0 Å². The molecular weight excluding hydrogens is 209 g/mol. The molecule has 0 saturated carbocycles. The van der Waals surface area contributed by atoms with Gasteiger partial charge in [0.15, 0.2) is 0 Å². The Morgan fingerprint density at radius 1 is 1.31 bits per heavy atom. The second kappa shape index (κ2) is 4.82. The fourth-order valence-electron chi connectivity index (χ4n) is 1.03. The summed E-state index contributed by atoms with van der Waals surface area (Å²) in [6.45, 7) is -0.0275. The van der Waals surface area contributed by atoms with Gasteiger partial charge in [-0.05, 0) is 24.1 Å². The van der Waals surface area contributed by atoms with E-state index in [1.807, 2.05) is 6.07 Å². The molecule has 2 nitrogen and oxygen atoms in total. The van der Waals surface area contributed by atoms with E-state index in [2.05, 4.69) is 0 Å². The molecule has 0 spiro atoms. The summed E-state index contributed by atoms with van der Waals surface area (Å²) in [7, 11) is 0. The van der Waals surface area contributed by atoms with Crippen LogP contribution in [-0.2, 0) is 6.42 Å². The van der Waals surface area contributed by atoms with Crippen molar-refractivity contribution < 1.29 is 5.11 Å². The van der Waals surface area contributed by atoms with Gasteiger partial charge in [-0.15, -0.1) is 0 Å². The van der Waals surface area contributed by atoms with Crippen LogP contribution in [0.3, 0.4) is 0 Å². The summed E-state index contributed by atoms with van der Waals surface area (Å²) in [6, 6.07) is 5.10. The van der Waals surface area contributed by atoms with Gasteiger partial charge in [0.2, 0.25) is 0 Å². The van der Waals surface area contributed by atoms with Crippen LogP contribution in [0.2, 0.25) is 10.0 Å². The lowest BCUT2D eigenvalue weighted by atomic mass is 10.1. The molecule has 0 aliphatic heterocycles. The van der Waals surface area contributed by atoms with Crippen LogP contribution in [0.4, 0.5) is 0 Å².